The van der Waals surface area contributed by atoms with E-state index in [0.717, 1.165) is 30.7 Å². The number of pyridine rings is 1. The van der Waals surface area contributed by atoms with E-state index in [4.69, 9.17) is 9.72 Å². The summed E-state index contributed by atoms with van der Waals surface area (Å²) in [6.07, 6.45) is 5.22. The molecule has 0 radical (unpaired) electrons. The molecule has 1 aliphatic heterocycles. The smallest absolute Gasteiger partial charge is 0.225 e. The first kappa shape index (κ1) is 19.1. The maximum absolute atomic E-state index is 12.8. The van der Waals surface area contributed by atoms with Crippen LogP contribution in [-0.2, 0) is 16.0 Å². The monoisotopic (exact) mass is 378 g/mol. The van der Waals surface area contributed by atoms with E-state index in [1.54, 1.807) is 0 Å². The number of carbonyl (C=O) groups is 1. The first-order valence-electron chi connectivity index (χ1n) is 10.5. The molecule has 1 saturated carbocycles. The molecule has 1 unspecified atom stereocenters. The number of hydrogen-bond acceptors (Lipinski definition) is 3. The topological polar surface area (TPSA) is 42.4 Å². The first-order chi connectivity index (χ1) is 13.6. The van der Waals surface area contributed by atoms with E-state index in [1.165, 1.54) is 29.5 Å². The average molecular weight is 379 g/mol. The Hall–Kier alpha value is -2.20. The third-order valence-electron chi connectivity index (χ3n) is 6.10. The van der Waals surface area contributed by atoms with Crippen molar-refractivity contribution in [3.05, 3.63) is 64.5 Å². The number of nitrogens with zero attached hydrogens (tertiary/aromatic N) is 2. The highest BCUT2D eigenvalue weighted by atomic mass is 16.5. The number of carbonyl (C=O) groups excluding carboxylic acids is 1. The number of benzene rings is 1. The lowest BCUT2D eigenvalue weighted by molar-refractivity contribution is -0.143. The number of aryl methyl sites for hydroxylation is 2. The second-order valence-corrected chi connectivity index (χ2v) is 8.27. The largest absolute Gasteiger partial charge is 0.368 e. The van der Waals surface area contributed by atoms with Gasteiger partial charge in [-0.1, -0.05) is 37.1 Å². The summed E-state index contributed by atoms with van der Waals surface area (Å²) in [7, 11) is 0. The second kappa shape index (κ2) is 8.44. The van der Waals surface area contributed by atoms with E-state index >= 15 is 0 Å². The maximum Gasteiger partial charge on any atom is 0.225 e. The van der Waals surface area contributed by atoms with Gasteiger partial charge in [0.2, 0.25) is 5.91 Å². The SMILES string of the molecule is Cc1cc(Cc2ccccc2C)cc(C2CN(C(=O)C3CCCC3)CCO2)n1. The van der Waals surface area contributed by atoms with Crippen LogP contribution in [0.1, 0.15) is 59.9 Å². The molecule has 2 aromatic rings. The summed E-state index contributed by atoms with van der Waals surface area (Å²) >= 11 is 0. The summed E-state index contributed by atoms with van der Waals surface area (Å²) in [6.45, 7) is 6.10. The Bertz CT molecular complexity index is 842. The van der Waals surface area contributed by atoms with Gasteiger partial charge in [-0.3, -0.25) is 9.78 Å². The Labute approximate surface area is 167 Å². The van der Waals surface area contributed by atoms with Crippen LogP contribution in [0.25, 0.3) is 0 Å². The van der Waals surface area contributed by atoms with Gasteiger partial charge in [0.25, 0.3) is 0 Å². The predicted octanol–water partition coefficient (Wildman–Crippen LogP) is 4.38. The fraction of sp³-hybridized carbons (Fsp3) is 0.500. The number of amides is 1. The molecule has 1 aromatic carbocycles. The van der Waals surface area contributed by atoms with E-state index < -0.39 is 0 Å². The van der Waals surface area contributed by atoms with Gasteiger partial charge in [0.05, 0.1) is 18.8 Å². The molecule has 148 valence electrons. The molecule has 2 heterocycles. The minimum Gasteiger partial charge on any atom is -0.368 e. The van der Waals surface area contributed by atoms with Gasteiger partial charge in [-0.25, -0.2) is 0 Å². The number of aromatic nitrogens is 1. The Morgan fingerprint density at radius 1 is 1.18 bits per heavy atom. The Morgan fingerprint density at radius 3 is 2.75 bits per heavy atom. The highest BCUT2D eigenvalue weighted by molar-refractivity contribution is 5.79. The standard InChI is InChI=1S/C24H30N2O2/c1-17-7-3-4-10-21(17)14-19-13-18(2)25-22(15-19)23-16-26(11-12-28-23)24(27)20-8-5-6-9-20/h3-4,7,10,13,15,20,23H,5-6,8-9,11-12,14,16H2,1-2H3. The fourth-order valence-electron chi connectivity index (χ4n) is 4.52. The van der Waals surface area contributed by atoms with Crippen LogP contribution in [0.4, 0.5) is 0 Å². The molecule has 1 saturated heterocycles. The zero-order chi connectivity index (χ0) is 19.5. The minimum absolute atomic E-state index is 0.130. The highest BCUT2D eigenvalue weighted by Crippen LogP contribution is 2.29. The van der Waals surface area contributed by atoms with Gasteiger partial charge in [0.1, 0.15) is 6.10 Å². The molecule has 2 fully saturated rings. The molecule has 4 rings (SSSR count). The van der Waals surface area contributed by atoms with Gasteiger partial charge in [0, 0.05) is 18.2 Å². The van der Waals surface area contributed by atoms with Crippen LogP contribution in [0, 0.1) is 19.8 Å². The minimum atomic E-state index is -0.130. The zero-order valence-electron chi connectivity index (χ0n) is 17.0. The van der Waals surface area contributed by atoms with Gasteiger partial charge in [-0.05, 0) is 61.9 Å². The summed E-state index contributed by atoms with van der Waals surface area (Å²) in [4.78, 5) is 19.6. The van der Waals surface area contributed by atoms with Crippen molar-refractivity contribution < 1.29 is 9.53 Å². The fourth-order valence-corrected chi connectivity index (χ4v) is 4.52. The van der Waals surface area contributed by atoms with E-state index in [1.807, 2.05) is 11.8 Å². The van der Waals surface area contributed by atoms with Gasteiger partial charge in [-0.15, -0.1) is 0 Å². The van der Waals surface area contributed by atoms with Crippen molar-refractivity contribution >= 4 is 5.91 Å². The average Bonchev–Trinajstić information content (AvgIpc) is 3.24. The molecule has 1 atom stereocenters. The van der Waals surface area contributed by atoms with Crippen LogP contribution in [0.3, 0.4) is 0 Å². The summed E-state index contributed by atoms with van der Waals surface area (Å²) in [5.41, 5.74) is 5.85. The molecular weight excluding hydrogens is 348 g/mol. The molecule has 0 N–H and O–H groups in total. The van der Waals surface area contributed by atoms with Crippen LogP contribution in [0.2, 0.25) is 0 Å². The van der Waals surface area contributed by atoms with Gasteiger partial charge in [-0.2, -0.15) is 0 Å². The Morgan fingerprint density at radius 2 is 1.96 bits per heavy atom. The van der Waals surface area contributed by atoms with Crippen molar-refractivity contribution in [3.8, 4) is 0 Å². The molecule has 1 amide bonds. The number of hydrogen-bond donors (Lipinski definition) is 0. The van der Waals surface area contributed by atoms with Gasteiger partial charge in [0.15, 0.2) is 0 Å². The molecule has 1 aromatic heterocycles. The number of ether oxygens (including phenoxy) is 1. The van der Waals surface area contributed by atoms with Crippen LogP contribution in [0.5, 0.6) is 0 Å². The summed E-state index contributed by atoms with van der Waals surface area (Å²) in [5.74, 6) is 0.541. The van der Waals surface area contributed by atoms with Crippen molar-refractivity contribution in [3.63, 3.8) is 0 Å². The molecule has 4 nitrogen and oxygen atoms in total. The molecule has 2 aliphatic rings. The molecular formula is C24H30N2O2. The third-order valence-corrected chi connectivity index (χ3v) is 6.10. The van der Waals surface area contributed by atoms with E-state index in [9.17, 15) is 4.79 Å². The van der Waals surface area contributed by atoms with Crippen molar-refractivity contribution in [1.82, 2.24) is 9.88 Å². The van der Waals surface area contributed by atoms with Crippen molar-refractivity contribution in [2.24, 2.45) is 5.92 Å². The summed E-state index contributed by atoms with van der Waals surface area (Å²) in [6, 6.07) is 12.8. The zero-order valence-corrected chi connectivity index (χ0v) is 17.0. The molecule has 1 aliphatic carbocycles. The lowest BCUT2D eigenvalue weighted by Crippen LogP contribution is -2.44. The summed E-state index contributed by atoms with van der Waals surface area (Å²) < 4.78 is 6.03. The highest BCUT2D eigenvalue weighted by Gasteiger charge is 2.32. The van der Waals surface area contributed by atoms with Crippen LogP contribution < -0.4 is 0 Å². The van der Waals surface area contributed by atoms with Gasteiger partial charge >= 0.3 is 0 Å². The van der Waals surface area contributed by atoms with Crippen LogP contribution >= 0.6 is 0 Å². The molecule has 28 heavy (non-hydrogen) atoms. The molecule has 0 spiro atoms. The Kier molecular flexibility index (Phi) is 5.77. The predicted molar refractivity (Wildman–Crippen MR) is 110 cm³/mol. The van der Waals surface area contributed by atoms with E-state index in [-0.39, 0.29) is 12.0 Å². The number of morpholine rings is 1. The van der Waals surface area contributed by atoms with Crippen LogP contribution in [0.15, 0.2) is 36.4 Å². The van der Waals surface area contributed by atoms with Gasteiger partial charge < -0.3 is 9.64 Å². The lowest BCUT2D eigenvalue weighted by Gasteiger charge is -2.34. The second-order valence-electron chi connectivity index (χ2n) is 8.27. The van der Waals surface area contributed by atoms with E-state index in [0.29, 0.717) is 25.6 Å². The normalized spacial score (nSPS) is 20.5. The lowest BCUT2D eigenvalue weighted by atomic mass is 9.99. The molecule has 4 heteroatoms. The van der Waals surface area contributed by atoms with Crippen molar-refractivity contribution in [2.75, 3.05) is 19.7 Å². The molecule has 0 bridgehead atoms. The quantitative estimate of drug-likeness (QED) is 0.793. The Balaban J connectivity index is 1.51. The van der Waals surface area contributed by atoms with E-state index in [2.05, 4.69) is 43.3 Å². The van der Waals surface area contributed by atoms with Crippen LogP contribution in [-0.4, -0.2) is 35.5 Å². The van der Waals surface area contributed by atoms with Crippen molar-refractivity contribution in [2.45, 2.75) is 52.1 Å². The maximum atomic E-state index is 12.8. The third kappa shape index (κ3) is 4.27. The first-order valence-corrected chi connectivity index (χ1v) is 10.5. The summed E-state index contributed by atoms with van der Waals surface area (Å²) in [5, 5.41) is 0. The number of rotatable bonds is 4. The van der Waals surface area contributed by atoms with Crippen molar-refractivity contribution in [1.29, 1.82) is 0 Å².